The zero-order valence-corrected chi connectivity index (χ0v) is 12.3. The number of hydrogen-bond acceptors (Lipinski definition) is 1. The lowest BCUT2D eigenvalue weighted by atomic mass is 9.76. The Labute approximate surface area is 110 Å². The summed E-state index contributed by atoms with van der Waals surface area (Å²) in [5, 5.41) is 0. The van der Waals surface area contributed by atoms with Crippen LogP contribution in [0.1, 0.15) is 74.7 Å². The highest BCUT2D eigenvalue weighted by Gasteiger charge is 2.34. The zero-order valence-electron chi connectivity index (χ0n) is 12.3. The maximum absolute atomic E-state index is 12.3. The molecular formula is C16H25NO. The van der Waals surface area contributed by atoms with Crippen LogP contribution >= 0.6 is 0 Å². The van der Waals surface area contributed by atoms with Gasteiger partial charge in [0.25, 0.3) is 0 Å². The van der Waals surface area contributed by atoms with E-state index >= 15 is 0 Å². The summed E-state index contributed by atoms with van der Waals surface area (Å²) in [6.45, 7) is 11.0. The Hall–Kier alpha value is -1.05. The molecule has 0 aromatic carbocycles. The van der Waals surface area contributed by atoms with Crippen molar-refractivity contribution in [2.45, 2.75) is 66.3 Å². The Morgan fingerprint density at radius 1 is 1.28 bits per heavy atom. The molecule has 2 heteroatoms. The number of fused-ring (bicyclic) bond motifs is 1. The van der Waals surface area contributed by atoms with Crippen LogP contribution in [0.25, 0.3) is 0 Å². The number of carbonyl (C=O) groups excluding carboxylic acids is 1. The largest absolute Gasteiger partial charge is 0.345 e. The minimum Gasteiger partial charge on any atom is -0.345 e. The maximum atomic E-state index is 12.3. The molecule has 1 aromatic rings. The molecule has 0 N–H and O–H groups in total. The lowest BCUT2D eigenvalue weighted by molar-refractivity contribution is 0.0909. The predicted octanol–water partition coefficient (Wildman–Crippen LogP) is 4.31. The maximum Gasteiger partial charge on any atom is 0.165 e. The summed E-state index contributed by atoms with van der Waals surface area (Å²) >= 11 is 0. The van der Waals surface area contributed by atoms with Gasteiger partial charge < -0.3 is 4.57 Å². The molecule has 18 heavy (non-hydrogen) atoms. The highest BCUT2D eigenvalue weighted by atomic mass is 16.1. The third kappa shape index (κ3) is 2.13. The Morgan fingerprint density at radius 2 is 1.89 bits per heavy atom. The summed E-state index contributed by atoms with van der Waals surface area (Å²) < 4.78 is 2.42. The van der Waals surface area contributed by atoms with Crippen LogP contribution in [0.4, 0.5) is 0 Å². The molecule has 1 aromatic heterocycles. The van der Waals surface area contributed by atoms with Crippen molar-refractivity contribution in [3.63, 3.8) is 0 Å². The molecule has 100 valence electrons. The van der Waals surface area contributed by atoms with Gasteiger partial charge in [0.05, 0.1) is 0 Å². The molecule has 0 bridgehead atoms. The summed E-state index contributed by atoms with van der Waals surface area (Å²) in [6.07, 6.45) is 3.98. The Kier molecular flexibility index (Phi) is 3.39. The van der Waals surface area contributed by atoms with Crippen molar-refractivity contribution < 1.29 is 4.79 Å². The number of hydrogen-bond donors (Lipinski definition) is 0. The number of carbonyl (C=O) groups is 1. The van der Waals surface area contributed by atoms with Gasteiger partial charge in [0.1, 0.15) is 0 Å². The molecular weight excluding hydrogens is 222 g/mol. The fourth-order valence-corrected chi connectivity index (χ4v) is 3.33. The number of nitrogens with zero attached hydrogens (tertiary/aromatic N) is 1. The van der Waals surface area contributed by atoms with E-state index in [1.807, 2.05) is 0 Å². The van der Waals surface area contributed by atoms with Crippen molar-refractivity contribution in [2.75, 3.05) is 0 Å². The summed E-state index contributed by atoms with van der Waals surface area (Å²) in [5.74, 6) is 0.328. The van der Waals surface area contributed by atoms with Crippen LogP contribution in [-0.2, 0) is 6.42 Å². The highest BCUT2D eigenvalue weighted by molar-refractivity contribution is 5.99. The first kappa shape index (κ1) is 13.4. The normalized spacial score (nSPS) is 18.2. The molecule has 0 spiro atoms. The SMILES string of the molecule is CCC(CC)n1c(C)cc2c1CC(C)(C)CC2=O. The van der Waals surface area contributed by atoms with E-state index in [1.165, 1.54) is 11.4 Å². The second kappa shape index (κ2) is 4.56. The first-order valence-corrected chi connectivity index (χ1v) is 7.13. The number of aryl methyl sites for hydroxylation is 1. The highest BCUT2D eigenvalue weighted by Crippen LogP contribution is 2.38. The van der Waals surface area contributed by atoms with Gasteiger partial charge in [-0.25, -0.2) is 0 Å². The molecule has 0 fully saturated rings. The van der Waals surface area contributed by atoms with Gasteiger partial charge in [0.2, 0.25) is 0 Å². The topological polar surface area (TPSA) is 22.0 Å². The molecule has 0 aliphatic heterocycles. The van der Waals surface area contributed by atoms with Gasteiger partial charge in [-0.15, -0.1) is 0 Å². The molecule has 0 amide bonds. The van der Waals surface area contributed by atoms with Crippen molar-refractivity contribution >= 4 is 5.78 Å². The van der Waals surface area contributed by atoms with E-state index in [1.54, 1.807) is 0 Å². The molecule has 2 rings (SSSR count). The third-order valence-electron chi connectivity index (χ3n) is 4.23. The average molecular weight is 247 g/mol. The fourth-order valence-electron chi connectivity index (χ4n) is 3.33. The summed E-state index contributed by atoms with van der Waals surface area (Å²) in [5.41, 5.74) is 3.62. The van der Waals surface area contributed by atoms with Gasteiger partial charge in [-0.2, -0.15) is 0 Å². The van der Waals surface area contributed by atoms with E-state index in [-0.39, 0.29) is 5.41 Å². The summed E-state index contributed by atoms with van der Waals surface area (Å²) in [4.78, 5) is 12.3. The van der Waals surface area contributed by atoms with E-state index in [2.05, 4.69) is 45.3 Å². The predicted molar refractivity (Wildman–Crippen MR) is 75.2 cm³/mol. The van der Waals surface area contributed by atoms with Crippen LogP contribution in [0.3, 0.4) is 0 Å². The lowest BCUT2D eigenvalue weighted by Crippen LogP contribution is -2.28. The molecule has 0 saturated carbocycles. The molecule has 0 radical (unpaired) electrons. The van der Waals surface area contributed by atoms with Gasteiger partial charge in [-0.3, -0.25) is 4.79 Å². The van der Waals surface area contributed by atoms with Gasteiger partial charge in [0.15, 0.2) is 5.78 Å². The van der Waals surface area contributed by atoms with Crippen LogP contribution in [-0.4, -0.2) is 10.4 Å². The molecule has 1 heterocycles. The van der Waals surface area contributed by atoms with Crippen LogP contribution in [0.15, 0.2) is 6.07 Å². The number of aromatic nitrogens is 1. The van der Waals surface area contributed by atoms with Gasteiger partial charge in [-0.05, 0) is 37.7 Å². The van der Waals surface area contributed by atoms with Gasteiger partial charge in [-0.1, -0.05) is 27.7 Å². The van der Waals surface area contributed by atoms with Crippen molar-refractivity contribution in [3.8, 4) is 0 Å². The van der Waals surface area contributed by atoms with Crippen LogP contribution in [0.5, 0.6) is 0 Å². The van der Waals surface area contributed by atoms with E-state index in [9.17, 15) is 4.79 Å². The van der Waals surface area contributed by atoms with E-state index < -0.39 is 0 Å². The van der Waals surface area contributed by atoms with Crippen molar-refractivity contribution in [1.29, 1.82) is 0 Å². The standard InChI is InChI=1S/C16H25NO/c1-6-12(7-2)17-11(3)8-13-14(17)9-16(4,5)10-15(13)18/h8,12H,6-7,9-10H2,1-5H3. The Bertz CT molecular complexity index is 464. The first-order valence-electron chi connectivity index (χ1n) is 7.13. The first-order chi connectivity index (χ1) is 8.39. The molecule has 1 aliphatic carbocycles. The second-order valence-corrected chi connectivity index (χ2v) is 6.43. The molecule has 0 saturated heterocycles. The number of ketones is 1. The fraction of sp³-hybridized carbons (Fsp3) is 0.688. The third-order valence-corrected chi connectivity index (χ3v) is 4.23. The van der Waals surface area contributed by atoms with Crippen molar-refractivity contribution in [1.82, 2.24) is 4.57 Å². The summed E-state index contributed by atoms with van der Waals surface area (Å²) in [7, 11) is 0. The molecule has 2 nitrogen and oxygen atoms in total. The van der Waals surface area contributed by atoms with Gasteiger partial charge in [0, 0.05) is 29.4 Å². The van der Waals surface area contributed by atoms with E-state index in [0.717, 1.165) is 24.8 Å². The molecule has 1 aliphatic rings. The Balaban J connectivity index is 2.54. The molecule has 0 atom stereocenters. The minimum atomic E-state index is 0.110. The van der Waals surface area contributed by atoms with Crippen molar-refractivity contribution in [3.05, 3.63) is 23.0 Å². The quantitative estimate of drug-likeness (QED) is 0.780. The number of rotatable bonds is 3. The monoisotopic (exact) mass is 247 g/mol. The van der Waals surface area contributed by atoms with E-state index in [4.69, 9.17) is 0 Å². The van der Waals surface area contributed by atoms with Crippen molar-refractivity contribution in [2.24, 2.45) is 5.41 Å². The van der Waals surface area contributed by atoms with E-state index in [0.29, 0.717) is 18.2 Å². The lowest BCUT2D eigenvalue weighted by Gasteiger charge is -2.31. The van der Waals surface area contributed by atoms with Gasteiger partial charge >= 0.3 is 0 Å². The smallest absolute Gasteiger partial charge is 0.165 e. The van der Waals surface area contributed by atoms with Crippen LogP contribution in [0.2, 0.25) is 0 Å². The minimum absolute atomic E-state index is 0.110. The Morgan fingerprint density at radius 3 is 2.44 bits per heavy atom. The summed E-state index contributed by atoms with van der Waals surface area (Å²) in [6, 6.07) is 2.64. The van der Waals surface area contributed by atoms with Crippen LogP contribution < -0.4 is 0 Å². The molecule has 0 unspecified atom stereocenters. The average Bonchev–Trinajstić information content (AvgIpc) is 2.58. The van der Waals surface area contributed by atoms with Crippen LogP contribution in [0, 0.1) is 12.3 Å². The zero-order chi connectivity index (χ0) is 13.5. The number of Topliss-reactive ketones (excluding diaryl/α,β-unsaturated/α-hetero) is 1. The second-order valence-electron chi connectivity index (χ2n) is 6.43.